The summed E-state index contributed by atoms with van der Waals surface area (Å²) in [7, 11) is 5.19. The highest BCUT2D eigenvalue weighted by molar-refractivity contribution is 5.57. The quantitative estimate of drug-likeness (QED) is 0.739. The zero-order chi connectivity index (χ0) is 14.4. The number of nitrogens with zero attached hydrogens (tertiary/aromatic N) is 4. The lowest BCUT2D eigenvalue weighted by Gasteiger charge is -2.30. The van der Waals surface area contributed by atoms with Crippen LogP contribution >= 0.6 is 0 Å². The Kier molecular flexibility index (Phi) is 5.80. The molecule has 0 aliphatic carbocycles. The van der Waals surface area contributed by atoms with E-state index in [0.717, 1.165) is 11.5 Å². The van der Waals surface area contributed by atoms with Crippen molar-refractivity contribution in [3.8, 4) is 6.07 Å². The second-order valence-corrected chi connectivity index (χ2v) is 4.51. The van der Waals surface area contributed by atoms with Crippen LogP contribution in [0, 0.1) is 18.3 Å². The van der Waals surface area contributed by atoms with E-state index >= 15 is 0 Å². The molecular weight excluding hydrogens is 244 g/mol. The number of nitriles is 1. The average Bonchev–Trinajstić information content (AvgIpc) is 2.65. The first-order valence-electron chi connectivity index (χ1n) is 6.25. The number of hydrogen-bond donors (Lipinski definition) is 0. The van der Waals surface area contributed by atoms with Gasteiger partial charge in [0, 0.05) is 27.8 Å². The van der Waals surface area contributed by atoms with E-state index in [-0.39, 0.29) is 6.04 Å². The zero-order valence-electron chi connectivity index (χ0n) is 12.3. The Morgan fingerprint density at radius 3 is 2.63 bits per heavy atom. The first-order chi connectivity index (χ1) is 9.06. The summed E-state index contributed by atoms with van der Waals surface area (Å²) in [5.74, 6) is 0.821. The van der Waals surface area contributed by atoms with Crippen molar-refractivity contribution in [2.45, 2.75) is 19.9 Å². The predicted molar refractivity (Wildman–Crippen MR) is 73.2 cm³/mol. The molecule has 6 nitrogen and oxygen atoms in total. The van der Waals surface area contributed by atoms with Crippen molar-refractivity contribution >= 4 is 5.82 Å². The van der Waals surface area contributed by atoms with Gasteiger partial charge in [-0.1, -0.05) is 0 Å². The molecule has 6 heteroatoms. The molecular formula is C13H22N4O2. The van der Waals surface area contributed by atoms with Crippen molar-refractivity contribution in [2.24, 2.45) is 7.05 Å². The van der Waals surface area contributed by atoms with E-state index in [0.29, 0.717) is 25.3 Å². The van der Waals surface area contributed by atoms with Crippen LogP contribution in [0.15, 0.2) is 0 Å². The minimum absolute atomic E-state index is 0.141. The van der Waals surface area contributed by atoms with Crippen LogP contribution < -0.4 is 4.90 Å². The molecule has 1 unspecified atom stereocenters. The number of aromatic nitrogens is 2. The number of ether oxygens (including phenoxy) is 2. The lowest BCUT2D eigenvalue weighted by molar-refractivity contribution is 0.170. The van der Waals surface area contributed by atoms with Gasteiger partial charge in [-0.25, -0.2) is 0 Å². The van der Waals surface area contributed by atoms with Crippen molar-refractivity contribution in [3.05, 3.63) is 11.3 Å². The summed E-state index contributed by atoms with van der Waals surface area (Å²) in [6.45, 7) is 5.76. The van der Waals surface area contributed by atoms with Gasteiger partial charge >= 0.3 is 0 Å². The van der Waals surface area contributed by atoms with Crippen LogP contribution in [0.25, 0.3) is 0 Å². The topological polar surface area (TPSA) is 63.3 Å². The fraction of sp³-hybridized carbons (Fsp3) is 0.692. The second kappa shape index (κ2) is 7.12. The minimum atomic E-state index is 0.141. The van der Waals surface area contributed by atoms with Crippen LogP contribution in [0.4, 0.5) is 5.82 Å². The van der Waals surface area contributed by atoms with Gasteiger partial charge in [0.15, 0.2) is 0 Å². The summed E-state index contributed by atoms with van der Waals surface area (Å²) < 4.78 is 12.1. The molecule has 0 N–H and O–H groups in total. The maximum atomic E-state index is 9.31. The third kappa shape index (κ3) is 3.46. The molecule has 1 heterocycles. The Bertz CT molecular complexity index is 450. The Morgan fingerprint density at radius 2 is 2.11 bits per heavy atom. The Labute approximate surface area is 114 Å². The van der Waals surface area contributed by atoms with Gasteiger partial charge in [-0.3, -0.25) is 4.68 Å². The van der Waals surface area contributed by atoms with Crippen molar-refractivity contribution in [3.63, 3.8) is 0 Å². The van der Waals surface area contributed by atoms with Gasteiger partial charge in [0.1, 0.15) is 17.5 Å². The molecule has 0 aromatic carbocycles. The van der Waals surface area contributed by atoms with Gasteiger partial charge in [0.05, 0.1) is 24.9 Å². The molecule has 19 heavy (non-hydrogen) atoms. The van der Waals surface area contributed by atoms with E-state index in [4.69, 9.17) is 9.47 Å². The van der Waals surface area contributed by atoms with Crippen molar-refractivity contribution in [1.82, 2.24) is 9.78 Å². The Morgan fingerprint density at radius 1 is 1.42 bits per heavy atom. The normalized spacial score (nSPS) is 12.2. The van der Waals surface area contributed by atoms with Crippen LogP contribution in [0.3, 0.4) is 0 Å². The summed E-state index contributed by atoms with van der Waals surface area (Å²) in [6, 6.07) is 2.37. The molecule has 0 radical (unpaired) electrons. The summed E-state index contributed by atoms with van der Waals surface area (Å²) in [6.07, 6.45) is 0. The molecule has 106 valence electrons. The zero-order valence-corrected chi connectivity index (χ0v) is 12.3. The largest absolute Gasteiger partial charge is 0.383 e. The fourth-order valence-electron chi connectivity index (χ4n) is 2.16. The molecule has 0 aliphatic heterocycles. The fourth-order valence-corrected chi connectivity index (χ4v) is 2.16. The Balaban J connectivity index is 3.13. The Hall–Kier alpha value is -1.58. The highest BCUT2D eigenvalue weighted by Crippen LogP contribution is 2.24. The predicted octanol–water partition coefficient (Wildman–Crippen LogP) is 1.09. The van der Waals surface area contributed by atoms with Gasteiger partial charge in [-0.05, 0) is 13.8 Å². The number of hydrogen-bond acceptors (Lipinski definition) is 5. The van der Waals surface area contributed by atoms with Crippen LogP contribution in [0.1, 0.15) is 18.2 Å². The molecule has 1 atom stereocenters. The van der Waals surface area contributed by atoms with E-state index in [2.05, 4.69) is 23.0 Å². The minimum Gasteiger partial charge on any atom is -0.383 e. The van der Waals surface area contributed by atoms with Crippen LogP contribution in [0.2, 0.25) is 0 Å². The molecule has 0 bridgehead atoms. The number of methoxy groups -OCH3 is 2. The van der Waals surface area contributed by atoms with Gasteiger partial charge < -0.3 is 14.4 Å². The van der Waals surface area contributed by atoms with E-state index < -0.39 is 0 Å². The third-order valence-corrected chi connectivity index (χ3v) is 3.05. The summed E-state index contributed by atoms with van der Waals surface area (Å²) in [5.41, 5.74) is 1.36. The molecule has 0 fully saturated rings. The molecule has 0 spiro atoms. The third-order valence-electron chi connectivity index (χ3n) is 3.05. The van der Waals surface area contributed by atoms with Crippen molar-refractivity contribution in [1.29, 1.82) is 5.26 Å². The monoisotopic (exact) mass is 266 g/mol. The summed E-state index contributed by atoms with van der Waals surface area (Å²) in [4.78, 5) is 2.10. The van der Waals surface area contributed by atoms with E-state index in [1.165, 1.54) is 0 Å². The second-order valence-electron chi connectivity index (χ2n) is 4.51. The van der Waals surface area contributed by atoms with E-state index in [1.54, 1.807) is 18.9 Å². The molecule has 1 rings (SSSR count). The number of anilines is 1. The average molecular weight is 266 g/mol. The van der Waals surface area contributed by atoms with Crippen molar-refractivity contribution in [2.75, 3.05) is 38.9 Å². The molecule has 0 amide bonds. The maximum Gasteiger partial charge on any atom is 0.145 e. The highest BCUT2D eigenvalue weighted by atomic mass is 16.5. The molecule has 0 saturated carbocycles. The van der Waals surface area contributed by atoms with E-state index in [9.17, 15) is 5.26 Å². The maximum absolute atomic E-state index is 9.31. The smallest absolute Gasteiger partial charge is 0.145 e. The first kappa shape index (κ1) is 15.5. The van der Waals surface area contributed by atoms with Crippen LogP contribution in [-0.2, 0) is 16.5 Å². The molecule has 1 aromatic heterocycles. The lowest BCUT2D eigenvalue weighted by Crippen LogP contribution is -2.40. The van der Waals surface area contributed by atoms with Crippen molar-refractivity contribution < 1.29 is 9.47 Å². The van der Waals surface area contributed by atoms with E-state index in [1.807, 2.05) is 14.0 Å². The SMILES string of the molecule is COCCN(c1c(C#N)c(C)nn1C)C(C)COC. The highest BCUT2D eigenvalue weighted by Gasteiger charge is 2.23. The molecule has 1 aromatic rings. The summed E-state index contributed by atoms with van der Waals surface area (Å²) >= 11 is 0. The molecule has 0 saturated heterocycles. The summed E-state index contributed by atoms with van der Waals surface area (Å²) in [5, 5.41) is 13.6. The van der Waals surface area contributed by atoms with Gasteiger partial charge in [0.25, 0.3) is 0 Å². The van der Waals surface area contributed by atoms with Crippen LogP contribution in [-0.4, -0.2) is 49.8 Å². The van der Waals surface area contributed by atoms with Gasteiger partial charge in [-0.15, -0.1) is 0 Å². The van der Waals surface area contributed by atoms with Gasteiger partial charge in [-0.2, -0.15) is 10.4 Å². The number of aryl methyl sites for hydroxylation is 2. The standard InChI is InChI=1S/C13H22N4O2/c1-10(9-19-5)17(6-7-18-4)13-12(8-14)11(2)15-16(13)3/h10H,6-7,9H2,1-5H3. The van der Waals surface area contributed by atoms with Gasteiger partial charge in [0.2, 0.25) is 0 Å². The first-order valence-corrected chi connectivity index (χ1v) is 6.25. The molecule has 0 aliphatic rings. The van der Waals surface area contributed by atoms with Crippen LogP contribution in [0.5, 0.6) is 0 Å². The lowest BCUT2D eigenvalue weighted by atomic mass is 10.2. The number of rotatable bonds is 7.